The Hall–Kier alpha value is -3.64. The molecule has 164 valence electrons. The summed E-state index contributed by atoms with van der Waals surface area (Å²) in [6.07, 6.45) is 1.64. The number of halogens is 1. The zero-order valence-electron chi connectivity index (χ0n) is 17.8. The number of methoxy groups -OCH3 is 3. The van der Waals surface area contributed by atoms with Crippen molar-refractivity contribution in [3.63, 3.8) is 0 Å². The Morgan fingerprint density at radius 2 is 1.59 bits per heavy atom. The van der Waals surface area contributed by atoms with Gasteiger partial charge < -0.3 is 23.7 Å². The molecule has 0 amide bonds. The van der Waals surface area contributed by atoms with Gasteiger partial charge in [0.2, 0.25) is 11.5 Å². The van der Waals surface area contributed by atoms with E-state index in [4.69, 9.17) is 35.3 Å². The fourth-order valence-electron chi connectivity index (χ4n) is 3.34. The Morgan fingerprint density at radius 3 is 2.22 bits per heavy atom. The molecule has 7 heteroatoms. The highest BCUT2D eigenvalue weighted by Crippen LogP contribution is 2.40. The summed E-state index contributed by atoms with van der Waals surface area (Å²) in [6, 6.07) is 16.1. The minimum atomic E-state index is -0.210. The highest BCUT2D eigenvalue weighted by Gasteiger charge is 2.28. The normalized spacial score (nSPS) is 13.5. The molecule has 1 aliphatic heterocycles. The van der Waals surface area contributed by atoms with E-state index in [1.807, 2.05) is 24.3 Å². The number of fused-ring (bicyclic) bond motifs is 1. The maximum Gasteiger partial charge on any atom is 0.231 e. The van der Waals surface area contributed by atoms with E-state index in [2.05, 4.69) is 0 Å². The van der Waals surface area contributed by atoms with Crippen LogP contribution in [0.3, 0.4) is 0 Å². The lowest BCUT2D eigenvalue weighted by molar-refractivity contribution is 0.101. The number of hydrogen-bond donors (Lipinski definition) is 0. The van der Waals surface area contributed by atoms with Gasteiger partial charge in [-0.3, -0.25) is 4.79 Å². The van der Waals surface area contributed by atoms with Crippen LogP contribution < -0.4 is 23.7 Å². The highest BCUT2D eigenvalue weighted by molar-refractivity contribution is 6.30. The van der Waals surface area contributed by atoms with Crippen LogP contribution in [0.1, 0.15) is 21.5 Å². The fourth-order valence-corrected chi connectivity index (χ4v) is 3.47. The maximum absolute atomic E-state index is 12.8. The van der Waals surface area contributed by atoms with Crippen LogP contribution in [0.25, 0.3) is 6.08 Å². The number of hydrogen-bond acceptors (Lipinski definition) is 6. The second-order valence-corrected chi connectivity index (χ2v) is 7.41. The summed E-state index contributed by atoms with van der Waals surface area (Å²) in [4.78, 5) is 12.8. The van der Waals surface area contributed by atoms with Crippen molar-refractivity contribution < 1.29 is 28.5 Å². The van der Waals surface area contributed by atoms with Crippen LogP contribution in [0.2, 0.25) is 5.02 Å². The summed E-state index contributed by atoms with van der Waals surface area (Å²) >= 11 is 5.91. The standard InChI is InChI=1S/C25H21ClO6/c1-28-22-11-16(12-23(29-2)25(22)30-3)10-21-24(27)19-9-8-18(13-20(19)32-21)31-14-15-4-6-17(26)7-5-15/h4-13H,14H2,1-3H3/b21-10-. The number of allylic oxidation sites excluding steroid dienone is 1. The van der Waals surface area contributed by atoms with Gasteiger partial charge in [-0.2, -0.15) is 0 Å². The summed E-state index contributed by atoms with van der Waals surface area (Å²) in [7, 11) is 4.60. The molecule has 3 aromatic rings. The third-order valence-electron chi connectivity index (χ3n) is 4.94. The van der Waals surface area contributed by atoms with Crippen LogP contribution in [0.15, 0.2) is 60.4 Å². The lowest BCUT2D eigenvalue weighted by Gasteiger charge is -2.13. The molecule has 0 unspecified atom stereocenters. The van der Waals surface area contributed by atoms with Crippen molar-refractivity contribution in [2.75, 3.05) is 21.3 Å². The first-order chi connectivity index (χ1) is 15.5. The van der Waals surface area contributed by atoms with Gasteiger partial charge in [0, 0.05) is 11.1 Å². The first-order valence-corrected chi connectivity index (χ1v) is 10.2. The Morgan fingerprint density at radius 1 is 0.906 bits per heavy atom. The molecule has 0 N–H and O–H groups in total. The second kappa shape index (κ2) is 9.24. The van der Waals surface area contributed by atoms with Crippen molar-refractivity contribution in [1.29, 1.82) is 0 Å². The maximum atomic E-state index is 12.8. The number of benzene rings is 3. The molecule has 0 spiro atoms. The van der Waals surface area contributed by atoms with E-state index >= 15 is 0 Å². The van der Waals surface area contributed by atoms with Gasteiger partial charge in [0.15, 0.2) is 17.3 Å². The van der Waals surface area contributed by atoms with Gasteiger partial charge in [-0.15, -0.1) is 0 Å². The average molecular weight is 453 g/mol. The predicted octanol–water partition coefficient (Wildman–Crippen LogP) is 5.56. The van der Waals surface area contributed by atoms with E-state index < -0.39 is 0 Å². The third kappa shape index (κ3) is 4.36. The molecule has 32 heavy (non-hydrogen) atoms. The van der Waals surface area contributed by atoms with Crippen molar-refractivity contribution in [3.8, 4) is 28.7 Å². The molecule has 0 bridgehead atoms. The summed E-state index contributed by atoms with van der Waals surface area (Å²) in [6.45, 7) is 0.373. The molecule has 6 nitrogen and oxygen atoms in total. The van der Waals surface area contributed by atoms with Crippen LogP contribution in [0.5, 0.6) is 28.7 Å². The van der Waals surface area contributed by atoms with Crippen LogP contribution >= 0.6 is 11.6 Å². The topological polar surface area (TPSA) is 63.2 Å². The molecule has 4 rings (SSSR count). The predicted molar refractivity (Wildman–Crippen MR) is 121 cm³/mol. The van der Waals surface area contributed by atoms with Gasteiger partial charge in [0.05, 0.1) is 26.9 Å². The van der Waals surface area contributed by atoms with Gasteiger partial charge >= 0.3 is 0 Å². The first kappa shape index (κ1) is 21.6. The number of ketones is 1. The minimum absolute atomic E-state index is 0.198. The molecule has 0 saturated carbocycles. The molecule has 1 heterocycles. The van der Waals surface area contributed by atoms with Gasteiger partial charge in [-0.25, -0.2) is 0 Å². The molecule has 0 aliphatic carbocycles. The van der Waals surface area contributed by atoms with Crippen molar-refractivity contribution in [2.45, 2.75) is 6.61 Å². The zero-order valence-corrected chi connectivity index (χ0v) is 18.6. The number of Topliss-reactive ketones (excluding diaryl/α,β-unsaturated/α-hetero) is 1. The molecule has 0 radical (unpaired) electrons. The van der Waals surface area contributed by atoms with Gasteiger partial charge in [0.25, 0.3) is 0 Å². The molecule has 1 aliphatic rings. The van der Waals surface area contributed by atoms with E-state index in [1.54, 1.807) is 36.4 Å². The Balaban J connectivity index is 1.55. The number of carbonyl (C=O) groups excluding carboxylic acids is 1. The quantitative estimate of drug-likeness (QED) is 0.437. The van der Waals surface area contributed by atoms with E-state index in [0.717, 1.165) is 5.56 Å². The summed E-state index contributed by atoms with van der Waals surface area (Å²) < 4.78 is 27.8. The summed E-state index contributed by atoms with van der Waals surface area (Å²) in [5.74, 6) is 2.48. The van der Waals surface area contributed by atoms with Crippen LogP contribution in [0.4, 0.5) is 0 Å². The van der Waals surface area contributed by atoms with E-state index in [-0.39, 0.29) is 11.5 Å². The largest absolute Gasteiger partial charge is 0.493 e. The highest BCUT2D eigenvalue weighted by atomic mass is 35.5. The number of rotatable bonds is 7. The smallest absolute Gasteiger partial charge is 0.231 e. The van der Waals surface area contributed by atoms with E-state index in [1.165, 1.54) is 21.3 Å². The molecule has 3 aromatic carbocycles. The lowest BCUT2D eigenvalue weighted by Crippen LogP contribution is -1.99. The van der Waals surface area contributed by atoms with Crippen LogP contribution in [-0.4, -0.2) is 27.1 Å². The summed E-state index contributed by atoms with van der Waals surface area (Å²) in [5, 5.41) is 0.671. The average Bonchev–Trinajstić information content (AvgIpc) is 3.12. The Kier molecular flexibility index (Phi) is 6.23. The lowest BCUT2D eigenvalue weighted by atomic mass is 10.1. The second-order valence-electron chi connectivity index (χ2n) is 6.97. The molecule has 0 fully saturated rings. The molecular formula is C25H21ClO6. The number of carbonyl (C=O) groups is 1. The van der Waals surface area contributed by atoms with E-state index in [0.29, 0.717) is 51.5 Å². The van der Waals surface area contributed by atoms with Gasteiger partial charge in [-0.05, 0) is 53.6 Å². The van der Waals surface area contributed by atoms with Crippen molar-refractivity contribution in [2.24, 2.45) is 0 Å². The monoisotopic (exact) mass is 452 g/mol. The van der Waals surface area contributed by atoms with Crippen LogP contribution in [-0.2, 0) is 6.61 Å². The van der Waals surface area contributed by atoms with Crippen molar-refractivity contribution in [3.05, 3.63) is 82.1 Å². The molecule has 0 aromatic heterocycles. The first-order valence-electron chi connectivity index (χ1n) is 9.78. The van der Waals surface area contributed by atoms with Crippen molar-refractivity contribution in [1.82, 2.24) is 0 Å². The van der Waals surface area contributed by atoms with E-state index in [9.17, 15) is 4.79 Å². The Bertz CT molecular complexity index is 1160. The molecule has 0 atom stereocenters. The zero-order chi connectivity index (χ0) is 22.7. The Labute approximate surface area is 190 Å². The van der Waals surface area contributed by atoms with Crippen molar-refractivity contribution >= 4 is 23.5 Å². The van der Waals surface area contributed by atoms with Crippen LogP contribution in [0, 0.1) is 0 Å². The summed E-state index contributed by atoms with van der Waals surface area (Å²) in [5.41, 5.74) is 2.13. The van der Waals surface area contributed by atoms with Gasteiger partial charge in [-0.1, -0.05) is 23.7 Å². The van der Waals surface area contributed by atoms with Gasteiger partial charge in [0.1, 0.15) is 18.1 Å². The third-order valence-corrected chi connectivity index (χ3v) is 5.20. The number of ether oxygens (including phenoxy) is 5. The SMILES string of the molecule is COc1cc(/C=C2\Oc3cc(OCc4ccc(Cl)cc4)ccc3C2=O)cc(OC)c1OC. The molecular weight excluding hydrogens is 432 g/mol. The fraction of sp³-hybridized carbons (Fsp3) is 0.160. The molecule has 0 saturated heterocycles. The minimum Gasteiger partial charge on any atom is -0.493 e.